The van der Waals surface area contributed by atoms with Crippen LogP contribution in [0, 0.1) is 50.7 Å². The molecule has 34 heavy (non-hydrogen) atoms. The van der Waals surface area contributed by atoms with E-state index in [9.17, 15) is 14.7 Å². The molecule has 1 N–H and O–H groups in total. The first kappa shape index (κ1) is 24.7. The number of Topliss-reactive ketones (excluding diaryl/α,β-unsaturated/α-hetero) is 1. The summed E-state index contributed by atoms with van der Waals surface area (Å²) < 4.78 is 0. The number of allylic oxidation sites excluding steroid dienone is 2. The van der Waals surface area contributed by atoms with E-state index >= 15 is 0 Å². The number of fused-ring (bicyclic) bond motifs is 7. The fraction of sp³-hybridized carbons (Fsp3) is 0.871. The lowest BCUT2D eigenvalue weighted by Crippen LogP contribution is -2.64. The minimum Gasteiger partial charge on any atom is -0.393 e. The first-order chi connectivity index (χ1) is 15.7. The molecule has 0 amide bonds. The van der Waals surface area contributed by atoms with Crippen LogP contribution < -0.4 is 0 Å². The van der Waals surface area contributed by atoms with Crippen LogP contribution in [0.5, 0.6) is 0 Å². The Labute approximate surface area is 207 Å². The van der Waals surface area contributed by atoms with Gasteiger partial charge in [0.2, 0.25) is 0 Å². The maximum absolute atomic E-state index is 14.2. The summed E-state index contributed by atoms with van der Waals surface area (Å²) in [6.45, 7) is 15.9. The second-order valence-electron chi connectivity index (χ2n) is 14.8. The highest BCUT2D eigenvalue weighted by molar-refractivity contribution is 5.95. The summed E-state index contributed by atoms with van der Waals surface area (Å²) in [5.41, 5.74) is 1.19. The molecule has 0 radical (unpaired) electrons. The highest BCUT2D eigenvalue weighted by atomic mass is 16.3. The predicted octanol–water partition coefficient (Wildman–Crippen LogP) is 6.92. The number of hydrogen-bond donors (Lipinski definition) is 1. The number of aliphatic hydroxyl groups is 1. The molecule has 5 aliphatic carbocycles. The zero-order chi connectivity index (χ0) is 24.9. The van der Waals surface area contributed by atoms with Crippen LogP contribution in [0.25, 0.3) is 0 Å². The maximum Gasteiger partial charge on any atom is 0.159 e. The van der Waals surface area contributed by atoms with E-state index in [0.717, 1.165) is 44.9 Å². The molecule has 190 valence electrons. The van der Waals surface area contributed by atoms with Crippen molar-refractivity contribution in [3.63, 3.8) is 0 Å². The second kappa shape index (κ2) is 7.53. The zero-order valence-electron chi connectivity index (χ0n) is 22.8. The van der Waals surface area contributed by atoms with Crippen molar-refractivity contribution in [2.24, 2.45) is 50.7 Å². The highest BCUT2D eigenvalue weighted by Gasteiger charge is 2.66. The highest BCUT2D eigenvalue weighted by Crippen LogP contribution is 2.71. The molecule has 5 aliphatic rings. The first-order valence-electron chi connectivity index (χ1n) is 14.2. The van der Waals surface area contributed by atoms with Gasteiger partial charge in [-0.1, -0.05) is 54.0 Å². The van der Waals surface area contributed by atoms with Gasteiger partial charge in [-0.25, -0.2) is 0 Å². The molecule has 2 unspecified atom stereocenters. The molecule has 0 aromatic carbocycles. The van der Waals surface area contributed by atoms with Crippen molar-refractivity contribution in [2.45, 2.75) is 119 Å². The number of ketones is 2. The summed E-state index contributed by atoms with van der Waals surface area (Å²) >= 11 is 0. The fourth-order valence-corrected chi connectivity index (χ4v) is 10.6. The van der Waals surface area contributed by atoms with E-state index in [-0.39, 0.29) is 39.1 Å². The topological polar surface area (TPSA) is 54.4 Å². The van der Waals surface area contributed by atoms with Crippen molar-refractivity contribution in [3.8, 4) is 0 Å². The molecule has 0 bridgehead atoms. The molecule has 5 rings (SSSR count). The Kier molecular flexibility index (Phi) is 5.47. The number of rotatable bonds is 2. The lowest BCUT2D eigenvalue weighted by Gasteiger charge is -2.67. The standard InChI is InChI=1S/C31H48O3/c1-8-24(33)29(5)16-15-28(4)12-9-20-19(21(28)18-29)17-22(32)26-30(20,6)13-10-23-27(2,3)25(34)11-14-31(23,26)7/h17,20-21,23,25-26,34H,8-16,18H2,1-7H3/t20?,21-,23?,25+,26+,28+,29+,30+,31+/m1/s1. The fourth-order valence-electron chi connectivity index (χ4n) is 10.6. The van der Waals surface area contributed by atoms with Gasteiger partial charge in [0.1, 0.15) is 5.78 Å². The summed E-state index contributed by atoms with van der Waals surface area (Å²) in [5, 5.41) is 10.9. The number of aliphatic hydroxyl groups excluding tert-OH is 1. The number of carbonyl (C=O) groups is 2. The normalized spacial score (nSPS) is 51.9. The van der Waals surface area contributed by atoms with Gasteiger partial charge in [-0.2, -0.15) is 0 Å². The lowest BCUT2D eigenvalue weighted by atomic mass is 9.37. The van der Waals surface area contributed by atoms with Gasteiger partial charge in [-0.3, -0.25) is 9.59 Å². The second-order valence-corrected chi connectivity index (χ2v) is 14.8. The minimum absolute atomic E-state index is 0.00523. The van der Waals surface area contributed by atoms with Crippen molar-refractivity contribution in [1.82, 2.24) is 0 Å². The average Bonchev–Trinajstić information content (AvgIpc) is 2.76. The van der Waals surface area contributed by atoms with Gasteiger partial charge in [0, 0.05) is 17.8 Å². The van der Waals surface area contributed by atoms with E-state index < -0.39 is 0 Å². The van der Waals surface area contributed by atoms with Crippen LogP contribution in [0.4, 0.5) is 0 Å². The monoisotopic (exact) mass is 468 g/mol. The Morgan fingerprint density at radius 3 is 2.26 bits per heavy atom. The quantitative estimate of drug-likeness (QED) is 0.479. The van der Waals surface area contributed by atoms with Gasteiger partial charge >= 0.3 is 0 Å². The van der Waals surface area contributed by atoms with E-state index in [4.69, 9.17) is 0 Å². The molecule has 3 heteroatoms. The van der Waals surface area contributed by atoms with Crippen LogP contribution in [0.2, 0.25) is 0 Å². The van der Waals surface area contributed by atoms with Crippen LogP contribution in [0.3, 0.4) is 0 Å². The van der Waals surface area contributed by atoms with E-state index in [1.54, 1.807) is 0 Å². The molecule has 9 atom stereocenters. The Bertz CT molecular complexity index is 931. The molecule has 4 fully saturated rings. The lowest BCUT2D eigenvalue weighted by molar-refractivity contribution is -0.188. The largest absolute Gasteiger partial charge is 0.393 e. The van der Waals surface area contributed by atoms with E-state index in [0.29, 0.717) is 35.7 Å². The molecule has 0 heterocycles. The molecule has 0 saturated heterocycles. The summed E-state index contributed by atoms with van der Waals surface area (Å²) in [5.74, 6) is 2.01. The third kappa shape index (κ3) is 3.10. The van der Waals surface area contributed by atoms with Crippen molar-refractivity contribution < 1.29 is 14.7 Å². The average molecular weight is 469 g/mol. The maximum atomic E-state index is 14.2. The van der Waals surface area contributed by atoms with Crippen LogP contribution >= 0.6 is 0 Å². The molecule has 0 aromatic heterocycles. The van der Waals surface area contributed by atoms with Gasteiger partial charge < -0.3 is 5.11 Å². The smallest absolute Gasteiger partial charge is 0.159 e. The summed E-state index contributed by atoms with van der Waals surface area (Å²) in [6, 6.07) is 0. The molecule has 0 aromatic rings. The molecule has 3 nitrogen and oxygen atoms in total. The molecular formula is C31H48O3. The summed E-state index contributed by atoms with van der Waals surface area (Å²) in [7, 11) is 0. The van der Waals surface area contributed by atoms with Crippen molar-refractivity contribution in [1.29, 1.82) is 0 Å². The predicted molar refractivity (Wildman–Crippen MR) is 136 cm³/mol. The van der Waals surface area contributed by atoms with Crippen LogP contribution in [-0.2, 0) is 9.59 Å². The van der Waals surface area contributed by atoms with Gasteiger partial charge in [-0.15, -0.1) is 0 Å². The SMILES string of the molecule is CCC(=O)[C@@]1(C)CC[C@]2(C)CCC3C(=CC(=O)[C@H]4[C@@]3(C)CCC3C(C)(C)[C@@H](O)CC[C@@]34C)[C@H]2C1. The van der Waals surface area contributed by atoms with E-state index in [1.165, 1.54) is 18.4 Å². The summed E-state index contributed by atoms with van der Waals surface area (Å²) in [4.78, 5) is 27.1. The Morgan fingerprint density at radius 2 is 1.59 bits per heavy atom. The van der Waals surface area contributed by atoms with Crippen molar-refractivity contribution >= 4 is 11.6 Å². The molecule has 0 spiro atoms. The van der Waals surface area contributed by atoms with Crippen molar-refractivity contribution in [3.05, 3.63) is 11.6 Å². The minimum atomic E-state index is -0.272. The van der Waals surface area contributed by atoms with Gasteiger partial charge in [0.05, 0.1) is 6.10 Å². The van der Waals surface area contributed by atoms with E-state index in [1.807, 2.05) is 6.92 Å². The van der Waals surface area contributed by atoms with Gasteiger partial charge in [0.25, 0.3) is 0 Å². The van der Waals surface area contributed by atoms with Crippen LogP contribution in [0.1, 0.15) is 113 Å². The van der Waals surface area contributed by atoms with E-state index in [2.05, 4.69) is 47.6 Å². The zero-order valence-corrected chi connectivity index (χ0v) is 22.8. The Balaban J connectivity index is 1.56. The Morgan fingerprint density at radius 1 is 0.912 bits per heavy atom. The number of hydrogen-bond acceptors (Lipinski definition) is 3. The molecule has 4 saturated carbocycles. The molecule has 0 aliphatic heterocycles. The van der Waals surface area contributed by atoms with Gasteiger partial charge in [0.15, 0.2) is 5.78 Å². The first-order valence-corrected chi connectivity index (χ1v) is 14.2. The van der Waals surface area contributed by atoms with Crippen LogP contribution in [0.15, 0.2) is 11.6 Å². The Hall–Kier alpha value is -0.960. The van der Waals surface area contributed by atoms with Gasteiger partial charge in [-0.05, 0) is 103 Å². The summed E-state index contributed by atoms with van der Waals surface area (Å²) in [6.07, 6.45) is 11.8. The number of carbonyl (C=O) groups excluding carboxylic acids is 2. The third-order valence-electron chi connectivity index (χ3n) is 12.7. The van der Waals surface area contributed by atoms with Crippen molar-refractivity contribution in [2.75, 3.05) is 0 Å². The molecular weight excluding hydrogens is 420 g/mol. The third-order valence-corrected chi connectivity index (χ3v) is 12.7. The van der Waals surface area contributed by atoms with Crippen LogP contribution in [-0.4, -0.2) is 22.8 Å².